The Morgan fingerprint density at radius 2 is 2.00 bits per heavy atom. The second-order valence-electron chi connectivity index (χ2n) is 5.42. The molecule has 3 rings (SSSR count). The van der Waals surface area contributed by atoms with Crippen LogP contribution in [-0.2, 0) is 9.53 Å². The summed E-state index contributed by atoms with van der Waals surface area (Å²) in [6, 6.07) is 9.97. The fraction of sp³-hybridized carbons (Fsp3) is 0.222. The van der Waals surface area contributed by atoms with Crippen molar-refractivity contribution in [2.45, 2.75) is 6.10 Å². The number of hydrogen-bond donors (Lipinski definition) is 1. The first-order valence-corrected chi connectivity index (χ1v) is 7.59. The van der Waals surface area contributed by atoms with E-state index in [9.17, 15) is 9.59 Å². The summed E-state index contributed by atoms with van der Waals surface area (Å²) in [6.07, 6.45) is 4.49. The summed E-state index contributed by atoms with van der Waals surface area (Å²) in [7, 11) is 0. The lowest BCUT2D eigenvalue weighted by Crippen LogP contribution is -2.41. The second-order valence-corrected chi connectivity index (χ2v) is 5.42. The van der Waals surface area contributed by atoms with Crippen molar-refractivity contribution in [3.8, 4) is 0 Å². The second kappa shape index (κ2) is 7.14. The molecule has 1 N–H and O–H groups in total. The Bertz CT molecular complexity index is 733. The van der Waals surface area contributed by atoms with Gasteiger partial charge < -0.3 is 19.2 Å². The molecule has 1 amide bonds. The summed E-state index contributed by atoms with van der Waals surface area (Å²) in [5.74, 6) is -0.378. The third-order valence-electron chi connectivity index (χ3n) is 3.81. The standard InChI is InChI=1S/C18H17NO5/c20-17(8-5-13-3-6-14(7-4-13)18(21)22)19-9-11-24-16(12-19)15-2-1-10-23-15/h1-8,10,16H,9,11-12H2,(H,21,22)/b8-5+. The van der Waals surface area contributed by atoms with Crippen molar-refractivity contribution in [2.75, 3.05) is 19.7 Å². The molecule has 0 spiro atoms. The van der Waals surface area contributed by atoms with Crippen molar-refractivity contribution in [2.24, 2.45) is 0 Å². The van der Waals surface area contributed by atoms with Gasteiger partial charge in [-0.15, -0.1) is 0 Å². The normalized spacial score (nSPS) is 18.0. The number of benzene rings is 1. The zero-order valence-corrected chi connectivity index (χ0v) is 12.9. The van der Waals surface area contributed by atoms with Crippen LogP contribution in [0.4, 0.5) is 0 Å². The van der Waals surface area contributed by atoms with Gasteiger partial charge in [0.15, 0.2) is 0 Å². The van der Waals surface area contributed by atoms with Crippen LogP contribution in [0.5, 0.6) is 0 Å². The Labute approximate surface area is 138 Å². The van der Waals surface area contributed by atoms with Gasteiger partial charge in [-0.3, -0.25) is 4.79 Å². The van der Waals surface area contributed by atoms with Crippen LogP contribution in [0.2, 0.25) is 0 Å². The molecule has 1 fully saturated rings. The van der Waals surface area contributed by atoms with E-state index in [1.807, 2.05) is 6.07 Å². The first kappa shape index (κ1) is 16.0. The predicted octanol–water partition coefficient (Wildman–Crippen LogP) is 2.59. The van der Waals surface area contributed by atoms with E-state index in [1.54, 1.807) is 35.4 Å². The molecule has 1 aromatic heterocycles. The van der Waals surface area contributed by atoms with E-state index >= 15 is 0 Å². The molecule has 1 unspecified atom stereocenters. The number of rotatable bonds is 4. The van der Waals surface area contributed by atoms with Crippen LogP contribution >= 0.6 is 0 Å². The average molecular weight is 327 g/mol. The van der Waals surface area contributed by atoms with Crippen LogP contribution in [0.1, 0.15) is 27.8 Å². The summed E-state index contributed by atoms with van der Waals surface area (Å²) in [5.41, 5.74) is 0.983. The van der Waals surface area contributed by atoms with E-state index in [-0.39, 0.29) is 17.6 Å². The van der Waals surface area contributed by atoms with Gasteiger partial charge in [-0.1, -0.05) is 12.1 Å². The molecule has 2 aromatic rings. The maximum Gasteiger partial charge on any atom is 0.335 e. The molecule has 0 bridgehead atoms. The van der Waals surface area contributed by atoms with Crippen molar-refractivity contribution in [3.63, 3.8) is 0 Å². The van der Waals surface area contributed by atoms with Gasteiger partial charge >= 0.3 is 5.97 Å². The van der Waals surface area contributed by atoms with Gasteiger partial charge in [-0.05, 0) is 35.9 Å². The molecule has 24 heavy (non-hydrogen) atoms. The number of carbonyl (C=O) groups is 2. The molecule has 0 radical (unpaired) electrons. The molecule has 1 saturated heterocycles. The lowest BCUT2D eigenvalue weighted by Gasteiger charge is -2.31. The number of hydrogen-bond acceptors (Lipinski definition) is 4. The lowest BCUT2D eigenvalue weighted by molar-refractivity contribution is -0.134. The molecular formula is C18H17NO5. The van der Waals surface area contributed by atoms with Gasteiger partial charge in [0.05, 0.1) is 25.0 Å². The highest BCUT2D eigenvalue weighted by atomic mass is 16.5. The molecule has 0 aliphatic carbocycles. The molecule has 0 saturated carbocycles. The summed E-state index contributed by atoms with van der Waals surface area (Å²) in [5, 5.41) is 8.87. The van der Waals surface area contributed by atoms with Crippen molar-refractivity contribution in [1.82, 2.24) is 4.90 Å². The Kier molecular flexibility index (Phi) is 4.77. The maximum absolute atomic E-state index is 12.3. The SMILES string of the molecule is O=C(O)c1ccc(/C=C/C(=O)N2CCOC(c3ccco3)C2)cc1. The summed E-state index contributed by atoms with van der Waals surface area (Å²) < 4.78 is 11.0. The van der Waals surface area contributed by atoms with Crippen molar-refractivity contribution < 1.29 is 23.8 Å². The van der Waals surface area contributed by atoms with Crippen LogP contribution in [-0.4, -0.2) is 41.6 Å². The zero-order valence-electron chi connectivity index (χ0n) is 12.9. The fourth-order valence-electron chi connectivity index (χ4n) is 2.51. The Hall–Kier alpha value is -2.86. The molecule has 1 atom stereocenters. The Morgan fingerprint density at radius 3 is 2.67 bits per heavy atom. The third-order valence-corrected chi connectivity index (χ3v) is 3.81. The highest BCUT2D eigenvalue weighted by molar-refractivity contribution is 5.92. The number of furan rings is 1. The maximum atomic E-state index is 12.3. The Balaban J connectivity index is 1.62. The van der Waals surface area contributed by atoms with Gasteiger partial charge in [-0.25, -0.2) is 4.79 Å². The van der Waals surface area contributed by atoms with Gasteiger partial charge in [0, 0.05) is 12.6 Å². The van der Waals surface area contributed by atoms with E-state index in [2.05, 4.69) is 0 Å². The van der Waals surface area contributed by atoms with E-state index in [1.165, 1.54) is 18.2 Å². The van der Waals surface area contributed by atoms with Gasteiger partial charge in [0.1, 0.15) is 11.9 Å². The fourth-order valence-corrected chi connectivity index (χ4v) is 2.51. The zero-order chi connectivity index (χ0) is 16.9. The quantitative estimate of drug-likeness (QED) is 0.873. The number of aromatic carboxylic acids is 1. The first-order chi connectivity index (χ1) is 11.6. The number of amides is 1. The average Bonchev–Trinajstić information content (AvgIpc) is 3.15. The van der Waals surface area contributed by atoms with Crippen molar-refractivity contribution >= 4 is 18.0 Å². The molecule has 6 nitrogen and oxygen atoms in total. The number of carbonyl (C=O) groups excluding carboxylic acids is 1. The summed E-state index contributed by atoms with van der Waals surface area (Å²) >= 11 is 0. The van der Waals surface area contributed by atoms with Crippen LogP contribution < -0.4 is 0 Å². The van der Waals surface area contributed by atoms with Crippen LogP contribution in [0.25, 0.3) is 6.08 Å². The number of ether oxygens (including phenoxy) is 1. The third kappa shape index (κ3) is 3.72. The smallest absolute Gasteiger partial charge is 0.335 e. The molecule has 6 heteroatoms. The van der Waals surface area contributed by atoms with E-state index in [4.69, 9.17) is 14.3 Å². The monoisotopic (exact) mass is 327 g/mol. The molecule has 1 aromatic carbocycles. The van der Waals surface area contributed by atoms with Crippen molar-refractivity contribution in [1.29, 1.82) is 0 Å². The molecule has 1 aliphatic heterocycles. The Morgan fingerprint density at radius 1 is 1.21 bits per heavy atom. The number of morpholine rings is 1. The van der Waals surface area contributed by atoms with Gasteiger partial charge in [0.25, 0.3) is 0 Å². The topological polar surface area (TPSA) is 80.0 Å². The highest BCUT2D eigenvalue weighted by Gasteiger charge is 2.25. The highest BCUT2D eigenvalue weighted by Crippen LogP contribution is 2.22. The number of carboxylic acid groups (broad SMARTS) is 1. The lowest BCUT2D eigenvalue weighted by atomic mass is 10.1. The van der Waals surface area contributed by atoms with Crippen molar-refractivity contribution in [3.05, 3.63) is 65.6 Å². The molecule has 1 aliphatic rings. The van der Waals surface area contributed by atoms with Gasteiger partial charge in [0.2, 0.25) is 5.91 Å². The van der Waals surface area contributed by atoms with Crippen LogP contribution in [0, 0.1) is 0 Å². The molecule has 124 valence electrons. The minimum atomic E-state index is -0.973. The molecular weight excluding hydrogens is 310 g/mol. The van der Waals surface area contributed by atoms with E-state index in [0.29, 0.717) is 25.5 Å². The van der Waals surface area contributed by atoms with E-state index < -0.39 is 5.97 Å². The van der Waals surface area contributed by atoms with E-state index in [0.717, 1.165) is 5.56 Å². The summed E-state index contributed by atoms with van der Waals surface area (Å²) in [4.78, 5) is 24.8. The minimum absolute atomic E-state index is 0.114. The van der Waals surface area contributed by atoms with Gasteiger partial charge in [-0.2, -0.15) is 0 Å². The largest absolute Gasteiger partial charge is 0.478 e. The number of carboxylic acids is 1. The predicted molar refractivity (Wildman–Crippen MR) is 86.4 cm³/mol. The van der Waals surface area contributed by atoms with Crippen LogP contribution in [0.3, 0.4) is 0 Å². The minimum Gasteiger partial charge on any atom is -0.478 e. The molecule has 2 heterocycles. The first-order valence-electron chi connectivity index (χ1n) is 7.59. The number of nitrogens with zero attached hydrogens (tertiary/aromatic N) is 1. The van der Waals surface area contributed by atoms with Crippen LogP contribution in [0.15, 0.2) is 53.2 Å². The summed E-state index contributed by atoms with van der Waals surface area (Å²) in [6.45, 7) is 1.42.